The highest BCUT2D eigenvalue weighted by Crippen LogP contribution is 2.62. The summed E-state index contributed by atoms with van der Waals surface area (Å²) in [5, 5.41) is 11.6. The number of thioether (sulfide) groups is 1. The normalized spacial score (nSPS) is 32.3. The minimum Gasteiger partial charge on any atom is -0.508 e. The third-order valence-electron chi connectivity index (χ3n) is 8.40. The average molecular weight is 461 g/mol. The molecule has 0 aromatic heterocycles. The van der Waals surface area contributed by atoms with Crippen molar-refractivity contribution >= 4 is 22.8 Å². The zero-order valence-electron chi connectivity index (χ0n) is 19.5. The number of hydrogen-bond acceptors (Lipinski definition) is 4. The largest absolute Gasteiger partial charge is 0.508 e. The summed E-state index contributed by atoms with van der Waals surface area (Å²) in [4.78, 5) is 18.5. The Labute approximate surface area is 200 Å². The van der Waals surface area contributed by atoms with Crippen LogP contribution in [0.1, 0.15) is 49.7 Å². The summed E-state index contributed by atoms with van der Waals surface area (Å²) in [5.41, 5.74) is 4.81. The molecule has 1 heterocycles. The Morgan fingerprint density at radius 2 is 1.67 bits per heavy atom. The van der Waals surface area contributed by atoms with Gasteiger partial charge in [-0.2, -0.15) is 4.99 Å². The van der Waals surface area contributed by atoms with Crippen molar-refractivity contribution in [2.24, 2.45) is 22.7 Å². The molecule has 1 N–H and O–H groups in total. The van der Waals surface area contributed by atoms with Gasteiger partial charge < -0.3 is 10.0 Å². The van der Waals surface area contributed by atoms with Crippen LogP contribution in [0.25, 0.3) is 11.1 Å². The average Bonchev–Trinajstić information content (AvgIpc) is 3.14. The molecule has 1 unspecified atom stereocenters. The van der Waals surface area contributed by atoms with Crippen LogP contribution in [0.4, 0.5) is 0 Å². The highest BCUT2D eigenvalue weighted by atomic mass is 32.2. The van der Waals surface area contributed by atoms with Crippen LogP contribution in [0.3, 0.4) is 0 Å². The van der Waals surface area contributed by atoms with Crippen molar-refractivity contribution in [1.29, 1.82) is 0 Å². The van der Waals surface area contributed by atoms with Crippen LogP contribution in [-0.2, 0) is 16.6 Å². The maximum absolute atomic E-state index is 12.4. The Bertz CT molecular complexity index is 1100. The number of aliphatic imine (C=N–C) groups is 1. The van der Waals surface area contributed by atoms with Crippen molar-refractivity contribution in [3.8, 4) is 16.9 Å². The van der Waals surface area contributed by atoms with Crippen LogP contribution in [0.2, 0.25) is 0 Å². The van der Waals surface area contributed by atoms with Gasteiger partial charge in [0.05, 0.1) is 5.25 Å². The first-order valence-corrected chi connectivity index (χ1v) is 13.2. The van der Waals surface area contributed by atoms with Gasteiger partial charge in [0.1, 0.15) is 5.75 Å². The van der Waals surface area contributed by atoms with Crippen molar-refractivity contribution in [2.75, 3.05) is 14.1 Å². The van der Waals surface area contributed by atoms with E-state index in [4.69, 9.17) is 0 Å². The van der Waals surface area contributed by atoms with Crippen molar-refractivity contribution in [3.63, 3.8) is 0 Å². The van der Waals surface area contributed by atoms with Gasteiger partial charge in [-0.1, -0.05) is 42.1 Å². The smallest absolute Gasteiger partial charge is 0.262 e. The number of aromatic hydroxyl groups is 1. The van der Waals surface area contributed by atoms with E-state index < -0.39 is 0 Å². The molecular weight excluding hydrogens is 428 g/mol. The number of carbonyl (C=O) groups excluding carboxylic acids is 1. The van der Waals surface area contributed by atoms with E-state index in [0.29, 0.717) is 12.2 Å². The lowest BCUT2D eigenvalue weighted by Crippen LogP contribution is -2.48. The molecule has 1 atom stereocenters. The highest BCUT2D eigenvalue weighted by molar-refractivity contribution is 8.15. The summed E-state index contributed by atoms with van der Waals surface area (Å²) in [5.74, 6) is 2.97. The summed E-state index contributed by atoms with van der Waals surface area (Å²) in [6.45, 7) is 0. The number of phenolic OH excluding ortho intramolecular Hbond substituents is 1. The molecule has 5 aliphatic rings. The fourth-order valence-corrected chi connectivity index (χ4v) is 8.41. The van der Waals surface area contributed by atoms with Crippen LogP contribution in [0, 0.1) is 17.8 Å². The molecule has 4 bridgehead atoms. The van der Waals surface area contributed by atoms with E-state index in [9.17, 15) is 9.90 Å². The molecule has 0 spiro atoms. The van der Waals surface area contributed by atoms with Crippen LogP contribution < -0.4 is 0 Å². The molecule has 5 heteroatoms. The van der Waals surface area contributed by atoms with Crippen molar-refractivity contribution in [2.45, 2.75) is 55.6 Å². The second-order valence-corrected chi connectivity index (χ2v) is 12.2. The number of rotatable bonds is 4. The van der Waals surface area contributed by atoms with E-state index in [-0.39, 0.29) is 16.6 Å². The highest BCUT2D eigenvalue weighted by Gasteiger charge is 2.52. The maximum atomic E-state index is 12.4. The van der Waals surface area contributed by atoms with E-state index >= 15 is 0 Å². The van der Waals surface area contributed by atoms with Crippen molar-refractivity contribution in [3.05, 3.63) is 53.6 Å². The third-order valence-corrected chi connectivity index (χ3v) is 9.72. The Morgan fingerprint density at radius 1 is 1.00 bits per heavy atom. The topological polar surface area (TPSA) is 52.9 Å². The Kier molecular flexibility index (Phi) is 5.09. The van der Waals surface area contributed by atoms with Gasteiger partial charge in [0.15, 0.2) is 5.17 Å². The quantitative estimate of drug-likeness (QED) is 0.643. The molecule has 1 amide bonds. The lowest BCUT2D eigenvalue weighted by molar-refractivity contribution is -0.117. The lowest BCUT2D eigenvalue weighted by Gasteiger charge is -2.57. The molecule has 33 heavy (non-hydrogen) atoms. The first-order chi connectivity index (χ1) is 15.9. The van der Waals surface area contributed by atoms with Crippen LogP contribution in [0.5, 0.6) is 5.75 Å². The Morgan fingerprint density at radius 3 is 2.30 bits per heavy atom. The van der Waals surface area contributed by atoms with E-state index in [1.54, 1.807) is 11.8 Å². The predicted octanol–water partition coefficient (Wildman–Crippen LogP) is 5.63. The molecule has 4 saturated carbocycles. The van der Waals surface area contributed by atoms with Gasteiger partial charge >= 0.3 is 0 Å². The van der Waals surface area contributed by atoms with E-state index in [2.05, 4.69) is 35.3 Å². The van der Waals surface area contributed by atoms with Gasteiger partial charge in [0.2, 0.25) is 0 Å². The first-order valence-electron chi connectivity index (χ1n) is 12.3. The Balaban J connectivity index is 1.27. The number of phenols is 1. The molecule has 7 rings (SSSR count). The molecule has 4 fully saturated rings. The van der Waals surface area contributed by atoms with Crippen LogP contribution in [-0.4, -0.2) is 40.4 Å². The molecule has 2 aromatic rings. The predicted molar refractivity (Wildman–Crippen MR) is 135 cm³/mol. The van der Waals surface area contributed by atoms with Gasteiger partial charge in [0, 0.05) is 19.7 Å². The van der Waals surface area contributed by atoms with Gasteiger partial charge in [-0.25, -0.2) is 0 Å². The SMILES string of the molecule is CN(C)C1=NC(=O)C(Cc2cccc(-c3ccc(O)c(C45CC6CC(CC(C6)C4)C5)c3)c2)S1. The van der Waals surface area contributed by atoms with Crippen LogP contribution in [0.15, 0.2) is 47.5 Å². The number of nitrogens with zero attached hydrogens (tertiary/aromatic N) is 2. The zero-order chi connectivity index (χ0) is 22.7. The van der Waals surface area contributed by atoms with Crippen molar-refractivity contribution < 1.29 is 9.90 Å². The molecule has 1 aliphatic heterocycles. The van der Waals surface area contributed by atoms with E-state index in [0.717, 1.165) is 39.6 Å². The van der Waals surface area contributed by atoms with Gasteiger partial charge in [-0.05, 0) is 96.9 Å². The Hall–Kier alpha value is -2.27. The number of hydrogen-bond donors (Lipinski definition) is 1. The second-order valence-electron chi connectivity index (χ2n) is 11.1. The third kappa shape index (κ3) is 3.78. The van der Waals surface area contributed by atoms with Gasteiger partial charge in [0.25, 0.3) is 5.91 Å². The van der Waals surface area contributed by atoms with E-state index in [1.165, 1.54) is 44.1 Å². The standard InChI is InChI=1S/C28H32N2O2S/c1-30(2)27-29-26(32)25(33-27)12-17-4-3-5-21(11-17)22-6-7-24(31)23(13-22)28-14-18-8-19(15-28)10-20(9-18)16-28/h3-7,11,13,18-20,25,31H,8-10,12,14-16H2,1-2H3. The summed E-state index contributed by atoms with van der Waals surface area (Å²) < 4.78 is 0. The fourth-order valence-electron chi connectivity index (χ4n) is 7.38. The van der Waals surface area contributed by atoms with E-state index in [1.807, 2.05) is 31.1 Å². The number of amides is 1. The second kappa shape index (κ2) is 7.90. The number of benzene rings is 2. The minimum absolute atomic E-state index is 0.0390. The molecular formula is C28H32N2O2S. The maximum Gasteiger partial charge on any atom is 0.262 e. The fraction of sp³-hybridized carbons (Fsp3) is 0.500. The molecule has 2 aromatic carbocycles. The first kappa shape index (κ1) is 21.3. The minimum atomic E-state index is -0.153. The number of amidine groups is 1. The van der Waals surface area contributed by atoms with Gasteiger partial charge in [-0.15, -0.1) is 0 Å². The summed E-state index contributed by atoms with van der Waals surface area (Å²) in [6, 6.07) is 14.8. The molecule has 0 radical (unpaired) electrons. The molecule has 4 aliphatic carbocycles. The lowest BCUT2D eigenvalue weighted by atomic mass is 9.48. The molecule has 172 valence electrons. The van der Waals surface area contributed by atoms with Gasteiger partial charge in [-0.3, -0.25) is 4.79 Å². The summed E-state index contributed by atoms with van der Waals surface area (Å²) in [7, 11) is 3.85. The van der Waals surface area contributed by atoms with Crippen molar-refractivity contribution in [1.82, 2.24) is 4.90 Å². The summed E-state index contributed by atoms with van der Waals surface area (Å²) in [6.07, 6.45) is 8.61. The molecule has 4 nitrogen and oxygen atoms in total. The summed E-state index contributed by atoms with van der Waals surface area (Å²) >= 11 is 1.55. The zero-order valence-corrected chi connectivity index (χ0v) is 20.3. The number of carbonyl (C=O) groups is 1. The van der Waals surface area contributed by atoms with Crippen LogP contribution >= 0.6 is 11.8 Å². The molecule has 0 saturated heterocycles. The monoisotopic (exact) mass is 460 g/mol.